The van der Waals surface area contributed by atoms with Crippen LogP contribution < -0.4 is 21.3 Å². The number of ether oxygens (including phenoxy) is 1. The van der Waals surface area contributed by atoms with Gasteiger partial charge in [0.2, 0.25) is 0 Å². The largest absolute Gasteiger partial charge is 0.490 e. The number of amides is 2. The lowest BCUT2D eigenvalue weighted by Gasteiger charge is -2.29. The minimum absolute atomic E-state index is 0.198. The SMILES string of the molecule is CC(C)(N)[C@H](NC(=O)c1ccc(OC/C=C/C#CCO)cc1)C(=O)NO. The molecule has 1 aromatic carbocycles. The number of benzene rings is 1. The standard InChI is InChI=1S/C18H23N3O5/c1-18(2,19)15(17(24)21-25)20-16(23)13-7-9-14(10-8-13)26-12-6-4-3-5-11-22/h4,6-10,15,22,25H,11-12,19H2,1-2H3,(H,20,23)(H,21,24)/b6-4+/t15-/m1/s1. The molecule has 0 spiro atoms. The molecule has 2 amide bonds. The minimum Gasteiger partial charge on any atom is -0.490 e. The summed E-state index contributed by atoms with van der Waals surface area (Å²) in [6, 6.07) is 5.18. The molecule has 140 valence electrons. The molecular formula is C18H23N3O5. The Kier molecular flexibility index (Phi) is 8.31. The fourth-order valence-corrected chi connectivity index (χ4v) is 1.93. The third-order valence-corrected chi connectivity index (χ3v) is 3.24. The smallest absolute Gasteiger partial charge is 0.267 e. The average molecular weight is 361 g/mol. The Bertz CT molecular complexity index is 696. The summed E-state index contributed by atoms with van der Waals surface area (Å²) >= 11 is 0. The number of hydrogen-bond donors (Lipinski definition) is 5. The number of nitrogens with two attached hydrogens (primary N) is 1. The minimum atomic E-state index is -1.11. The third-order valence-electron chi connectivity index (χ3n) is 3.24. The van der Waals surface area contributed by atoms with E-state index in [0.717, 1.165) is 0 Å². The van der Waals surface area contributed by atoms with E-state index in [9.17, 15) is 9.59 Å². The Hall–Kier alpha value is -2.86. The van der Waals surface area contributed by atoms with Crippen LogP contribution in [0.3, 0.4) is 0 Å². The summed E-state index contributed by atoms with van der Waals surface area (Å²) in [5.74, 6) is 4.32. The van der Waals surface area contributed by atoms with Gasteiger partial charge in [-0.05, 0) is 50.3 Å². The Balaban J connectivity index is 2.68. The first-order chi connectivity index (χ1) is 12.3. The van der Waals surface area contributed by atoms with E-state index in [2.05, 4.69) is 17.2 Å². The van der Waals surface area contributed by atoms with Gasteiger partial charge in [0.05, 0.1) is 0 Å². The lowest BCUT2D eigenvalue weighted by molar-refractivity contribution is -0.132. The van der Waals surface area contributed by atoms with Crippen molar-refractivity contribution in [2.24, 2.45) is 5.73 Å². The second kappa shape index (κ2) is 10.2. The normalized spacial score (nSPS) is 12.0. The molecule has 1 aromatic rings. The molecule has 0 heterocycles. The van der Waals surface area contributed by atoms with Gasteiger partial charge in [-0.1, -0.05) is 11.8 Å². The molecule has 26 heavy (non-hydrogen) atoms. The van der Waals surface area contributed by atoms with Crippen LogP contribution in [-0.2, 0) is 4.79 Å². The number of rotatable bonds is 7. The number of carbonyl (C=O) groups excluding carboxylic acids is 2. The van der Waals surface area contributed by atoms with Gasteiger partial charge in [-0.3, -0.25) is 14.8 Å². The molecule has 6 N–H and O–H groups in total. The highest BCUT2D eigenvalue weighted by atomic mass is 16.5. The van der Waals surface area contributed by atoms with E-state index in [0.29, 0.717) is 11.3 Å². The average Bonchev–Trinajstić information content (AvgIpc) is 2.61. The molecule has 0 aromatic heterocycles. The molecule has 8 heteroatoms. The first-order valence-electron chi connectivity index (χ1n) is 7.80. The van der Waals surface area contributed by atoms with Crippen LogP contribution >= 0.6 is 0 Å². The van der Waals surface area contributed by atoms with Crippen molar-refractivity contribution in [2.45, 2.75) is 25.4 Å². The Morgan fingerprint density at radius 2 is 2.00 bits per heavy atom. The maximum Gasteiger partial charge on any atom is 0.267 e. The Morgan fingerprint density at radius 3 is 2.54 bits per heavy atom. The lowest BCUT2D eigenvalue weighted by Crippen LogP contribution is -2.61. The van der Waals surface area contributed by atoms with E-state index in [1.807, 2.05) is 0 Å². The van der Waals surface area contributed by atoms with Crippen LogP contribution in [0, 0.1) is 11.8 Å². The number of aliphatic hydroxyl groups is 1. The lowest BCUT2D eigenvalue weighted by atomic mass is 9.95. The number of carbonyl (C=O) groups is 2. The molecule has 1 atom stereocenters. The van der Waals surface area contributed by atoms with Crippen LogP contribution in [0.5, 0.6) is 5.75 Å². The maximum atomic E-state index is 12.3. The second-order valence-corrected chi connectivity index (χ2v) is 5.92. The molecule has 0 fully saturated rings. The third kappa shape index (κ3) is 6.94. The molecule has 0 unspecified atom stereocenters. The van der Waals surface area contributed by atoms with Gasteiger partial charge in [0, 0.05) is 11.1 Å². The van der Waals surface area contributed by atoms with Crippen LogP contribution in [0.25, 0.3) is 0 Å². The zero-order valence-corrected chi connectivity index (χ0v) is 14.7. The van der Waals surface area contributed by atoms with Crippen molar-refractivity contribution in [1.29, 1.82) is 0 Å². The summed E-state index contributed by atoms with van der Waals surface area (Å²) in [5.41, 5.74) is 6.60. The van der Waals surface area contributed by atoms with Gasteiger partial charge in [-0.25, -0.2) is 5.48 Å². The van der Waals surface area contributed by atoms with Crippen LogP contribution in [0.2, 0.25) is 0 Å². The van der Waals surface area contributed by atoms with Gasteiger partial charge in [0.25, 0.3) is 11.8 Å². The van der Waals surface area contributed by atoms with Gasteiger partial charge in [0.1, 0.15) is 25.0 Å². The zero-order valence-electron chi connectivity index (χ0n) is 14.7. The number of hydroxylamine groups is 1. The van der Waals surface area contributed by atoms with E-state index in [-0.39, 0.29) is 13.2 Å². The highest BCUT2D eigenvalue weighted by Gasteiger charge is 2.33. The van der Waals surface area contributed by atoms with Crippen molar-refractivity contribution in [3.8, 4) is 17.6 Å². The summed E-state index contributed by atoms with van der Waals surface area (Å²) in [7, 11) is 0. The molecule has 0 saturated heterocycles. The molecule has 0 aliphatic carbocycles. The van der Waals surface area contributed by atoms with Crippen LogP contribution in [-0.4, -0.2) is 46.9 Å². The predicted molar refractivity (Wildman–Crippen MR) is 95.4 cm³/mol. The topological polar surface area (TPSA) is 134 Å². The quantitative estimate of drug-likeness (QED) is 0.263. The molecule has 0 aliphatic rings. The van der Waals surface area contributed by atoms with Gasteiger partial charge in [0.15, 0.2) is 0 Å². The van der Waals surface area contributed by atoms with Crippen molar-refractivity contribution in [3.05, 3.63) is 42.0 Å². The van der Waals surface area contributed by atoms with Gasteiger partial charge in [-0.2, -0.15) is 0 Å². The maximum absolute atomic E-state index is 12.3. The van der Waals surface area contributed by atoms with Crippen molar-refractivity contribution >= 4 is 11.8 Å². The zero-order chi connectivity index (χ0) is 19.6. The van der Waals surface area contributed by atoms with Crippen LogP contribution in [0.4, 0.5) is 0 Å². The van der Waals surface area contributed by atoms with Gasteiger partial charge < -0.3 is 20.9 Å². The number of allylic oxidation sites excluding steroid dienone is 1. The summed E-state index contributed by atoms with van der Waals surface area (Å²) in [5, 5.41) is 19.8. The van der Waals surface area contributed by atoms with E-state index in [1.165, 1.54) is 17.6 Å². The van der Waals surface area contributed by atoms with Crippen molar-refractivity contribution in [1.82, 2.24) is 10.8 Å². The molecule has 0 saturated carbocycles. The summed E-state index contributed by atoms with van der Waals surface area (Å²) in [4.78, 5) is 24.0. The predicted octanol–water partition coefficient (Wildman–Crippen LogP) is -0.0416. The molecule has 0 aliphatic heterocycles. The molecular weight excluding hydrogens is 338 g/mol. The van der Waals surface area contributed by atoms with Crippen molar-refractivity contribution in [2.75, 3.05) is 13.2 Å². The van der Waals surface area contributed by atoms with Crippen LogP contribution in [0.1, 0.15) is 24.2 Å². The fourth-order valence-electron chi connectivity index (χ4n) is 1.93. The van der Waals surface area contributed by atoms with Crippen molar-refractivity contribution in [3.63, 3.8) is 0 Å². The van der Waals surface area contributed by atoms with E-state index in [4.69, 9.17) is 20.8 Å². The Morgan fingerprint density at radius 1 is 1.35 bits per heavy atom. The van der Waals surface area contributed by atoms with Crippen molar-refractivity contribution < 1.29 is 24.6 Å². The summed E-state index contributed by atoms with van der Waals surface area (Å²) in [6.07, 6.45) is 3.25. The van der Waals surface area contributed by atoms with E-state index < -0.39 is 23.4 Å². The molecule has 0 radical (unpaired) electrons. The van der Waals surface area contributed by atoms with E-state index in [1.54, 1.807) is 38.1 Å². The number of aliphatic hydroxyl groups excluding tert-OH is 1. The highest BCUT2D eigenvalue weighted by Crippen LogP contribution is 2.13. The molecule has 0 bridgehead atoms. The van der Waals surface area contributed by atoms with Crippen LogP contribution in [0.15, 0.2) is 36.4 Å². The molecule has 1 rings (SSSR count). The summed E-state index contributed by atoms with van der Waals surface area (Å²) in [6.45, 7) is 3.20. The first kappa shape index (κ1) is 21.2. The van der Waals surface area contributed by atoms with E-state index >= 15 is 0 Å². The molecule has 8 nitrogen and oxygen atoms in total. The van der Waals surface area contributed by atoms with Gasteiger partial charge in [-0.15, -0.1) is 0 Å². The number of hydrogen-bond acceptors (Lipinski definition) is 6. The monoisotopic (exact) mass is 361 g/mol. The fraction of sp³-hybridized carbons (Fsp3) is 0.333. The highest BCUT2D eigenvalue weighted by molar-refractivity contribution is 5.97. The Labute approximate surface area is 152 Å². The number of nitrogens with one attached hydrogen (secondary N) is 2. The second-order valence-electron chi connectivity index (χ2n) is 5.92. The van der Waals surface area contributed by atoms with Gasteiger partial charge >= 0.3 is 0 Å². The first-order valence-corrected chi connectivity index (χ1v) is 7.80. The summed E-state index contributed by atoms with van der Waals surface area (Å²) < 4.78 is 5.45.